The molecule has 3 nitrogen and oxygen atoms in total. The molecule has 0 saturated heterocycles. The first-order valence-corrected chi connectivity index (χ1v) is 11.7. The van der Waals surface area contributed by atoms with Crippen molar-refractivity contribution in [1.82, 2.24) is 5.32 Å². The Morgan fingerprint density at radius 3 is 2.25 bits per heavy atom. The van der Waals surface area contributed by atoms with Crippen LogP contribution in [0.1, 0.15) is 84.7 Å². The van der Waals surface area contributed by atoms with E-state index in [0.29, 0.717) is 23.7 Å². The van der Waals surface area contributed by atoms with Crippen LogP contribution in [0.4, 0.5) is 0 Å². The SMILES string of the molecule is Cc1cc2c(cc1Cc1ccc(C(=O)NCc3ccc(Cl)cc3)o1)C(C)(C)CCC2(C)C. The quantitative estimate of drug-likeness (QED) is 0.450. The van der Waals surface area contributed by atoms with Crippen molar-refractivity contribution in [3.63, 3.8) is 0 Å². The number of amides is 1. The van der Waals surface area contributed by atoms with Gasteiger partial charge in [0.1, 0.15) is 5.76 Å². The Labute approximate surface area is 196 Å². The highest BCUT2D eigenvalue weighted by atomic mass is 35.5. The number of benzene rings is 2. The average molecular weight is 450 g/mol. The monoisotopic (exact) mass is 449 g/mol. The summed E-state index contributed by atoms with van der Waals surface area (Å²) in [4.78, 5) is 12.5. The van der Waals surface area contributed by atoms with Gasteiger partial charge in [-0.15, -0.1) is 0 Å². The molecule has 1 N–H and O–H groups in total. The van der Waals surface area contributed by atoms with Crippen molar-refractivity contribution >= 4 is 17.5 Å². The minimum Gasteiger partial charge on any atom is -0.456 e. The van der Waals surface area contributed by atoms with Gasteiger partial charge in [0.2, 0.25) is 0 Å². The maximum absolute atomic E-state index is 12.5. The number of furan rings is 1. The van der Waals surface area contributed by atoms with E-state index >= 15 is 0 Å². The highest BCUT2D eigenvalue weighted by Gasteiger charge is 2.37. The fraction of sp³-hybridized carbons (Fsp3) is 0.393. The Bertz CT molecular complexity index is 1140. The zero-order chi connectivity index (χ0) is 23.1. The maximum Gasteiger partial charge on any atom is 0.287 e. The first-order valence-electron chi connectivity index (χ1n) is 11.3. The zero-order valence-corrected chi connectivity index (χ0v) is 20.4. The van der Waals surface area contributed by atoms with Gasteiger partial charge in [0.15, 0.2) is 5.76 Å². The number of hydrogen-bond acceptors (Lipinski definition) is 2. The van der Waals surface area contributed by atoms with E-state index in [9.17, 15) is 4.79 Å². The molecule has 1 amide bonds. The normalized spacial score (nSPS) is 16.4. The molecule has 1 aliphatic rings. The number of rotatable bonds is 5. The Morgan fingerprint density at radius 2 is 1.59 bits per heavy atom. The summed E-state index contributed by atoms with van der Waals surface area (Å²) in [5, 5.41) is 3.59. The highest BCUT2D eigenvalue weighted by Crippen LogP contribution is 2.46. The van der Waals surface area contributed by atoms with Crippen molar-refractivity contribution in [3.8, 4) is 0 Å². The molecule has 1 aliphatic carbocycles. The number of carbonyl (C=O) groups is 1. The van der Waals surface area contributed by atoms with Gasteiger partial charge in [-0.05, 0) is 82.7 Å². The van der Waals surface area contributed by atoms with Crippen LogP contribution in [-0.2, 0) is 23.8 Å². The molecular formula is C28H32ClNO2. The summed E-state index contributed by atoms with van der Waals surface area (Å²) in [6.45, 7) is 12.0. The molecule has 1 aromatic heterocycles. The molecule has 0 radical (unpaired) electrons. The summed E-state index contributed by atoms with van der Waals surface area (Å²) in [5.41, 5.74) is 6.82. The van der Waals surface area contributed by atoms with Crippen LogP contribution < -0.4 is 5.32 Å². The molecule has 0 bridgehead atoms. The van der Waals surface area contributed by atoms with E-state index in [4.69, 9.17) is 16.0 Å². The molecule has 0 saturated carbocycles. The summed E-state index contributed by atoms with van der Waals surface area (Å²) >= 11 is 5.92. The molecule has 2 aromatic carbocycles. The lowest BCUT2D eigenvalue weighted by molar-refractivity contribution is 0.0921. The van der Waals surface area contributed by atoms with Gasteiger partial charge < -0.3 is 9.73 Å². The van der Waals surface area contributed by atoms with Crippen molar-refractivity contribution in [1.29, 1.82) is 0 Å². The van der Waals surface area contributed by atoms with Crippen LogP contribution in [0, 0.1) is 6.92 Å². The lowest BCUT2D eigenvalue weighted by Crippen LogP contribution is -2.34. The smallest absolute Gasteiger partial charge is 0.287 e. The van der Waals surface area contributed by atoms with Crippen LogP contribution in [0.25, 0.3) is 0 Å². The summed E-state index contributed by atoms with van der Waals surface area (Å²) in [7, 11) is 0. The Kier molecular flexibility index (Phi) is 5.98. The van der Waals surface area contributed by atoms with E-state index in [2.05, 4.69) is 52.1 Å². The fourth-order valence-electron chi connectivity index (χ4n) is 4.61. The molecule has 0 spiro atoms. The molecule has 1 heterocycles. The van der Waals surface area contributed by atoms with E-state index in [1.54, 1.807) is 6.07 Å². The number of hydrogen-bond donors (Lipinski definition) is 1. The Hall–Kier alpha value is -2.52. The van der Waals surface area contributed by atoms with Crippen molar-refractivity contribution in [2.24, 2.45) is 0 Å². The minimum absolute atomic E-state index is 0.170. The van der Waals surface area contributed by atoms with Crippen LogP contribution in [0.5, 0.6) is 0 Å². The average Bonchev–Trinajstić information content (AvgIpc) is 3.21. The number of nitrogens with one attached hydrogen (secondary N) is 1. The molecular weight excluding hydrogens is 418 g/mol. The van der Waals surface area contributed by atoms with Crippen LogP contribution in [-0.4, -0.2) is 5.91 Å². The lowest BCUT2D eigenvalue weighted by atomic mass is 9.62. The molecule has 32 heavy (non-hydrogen) atoms. The molecule has 3 aromatic rings. The fourth-order valence-corrected chi connectivity index (χ4v) is 4.74. The van der Waals surface area contributed by atoms with Crippen LogP contribution in [0.3, 0.4) is 0 Å². The predicted octanol–water partition coefficient (Wildman–Crippen LogP) is 7.11. The minimum atomic E-state index is -0.212. The first kappa shape index (κ1) is 22.7. The second-order valence-electron chi connectivity index (χ2n) is 10.3. The summed E-state index contributed by atoms with van der Waals surface area (Å²) in [6, 6.07) is 15.8. The number of aryl methyl sites for hydroxylation is 1. The van der Waals surface area contributed by atoms with Crippen LogP contribution >= 0.6 is 11.6 Å². The number of carbonyl (C=O) groups excluding carboxylic acids is 1. The molecule has 0 atom stereocenters. The van der Waals surface area contributed by atoms with E-state index in [1.165, 1.54) is 35.1 Å². The predicted molar refractivity (Wildman–Crippen MR) is 131 cm³/mol. The standard InChI is InChI=1S/C28H32ClNO2/c1-18-14-23-24(28(4,5)13-12-27(23,2)3)16-20(18)15-22-10-11-25(32-22)26(31)30-17-19-6-8-21(29)9-7-19/h6-11,14,16H,12-13,15,17H2,1-5H3,(H,30,31). The van der Waals surface area contributed by atoms with Crippen molar-refractivity contribution in [2.75, 3.05) is 0 Å². The van der Waals surface area contributed by atoms with Crippen LogP contribution in [0.15, 0.2) is 52.9 Å². The van der Waals surface area contributed by atoms with E-state index in [0.717, 1.165) is 11.3 Å². The summed E-state index contributed by atoms with van der Waals surface area (Å²) in [5.74, 6) is 0.930. The highest BCUT2D eigenvalue weighted by molar-refractivity contribution is 6.30. The van der Waals surface area contributed by atoms with Gasteiger partial charge in [0.05, 0.1) is 0 Å². The van der Waals surface area contributed by atoms with Gasteiger partial charge in [-0.1, -0.05) is 63.6 Å². The summed E-state index contributed by atoms with van der Waals surface area (Å²) < 4.78 is 5.92. The van der Waals surface area contributed by atoms with E-state index in [1.807, 2.05) is 30.3 Å². The molecule has 168 valence electrons. The third kappa shape index (κ3) is 4.63. The third-order valence-corrected chi connectivity index (χ3v) is 7.18. The molecule has 0 aliphatic heterocycles. The van der Waals surface area contributed by atoms with Gasteiger partial charge in [-0.3, -0.25) is 4.79 Å². The van der Waals surface area contributed by atoms with Gasteiger partial charge >= 0.3 is 0 Å². The Morgan fingerprint density at radius 1 is 0.969 bits per heavy atom. The zero-order valence-electron chi connectivity index (χ0n) is 19.6. The van der Waals surface area contributed by atoms with Crippen molar-refractivity contribution in [2.45, 2.75) is 71.3 Å². The van der Waals surface area contributed by atoms with Crippen molar-refractivity contribution in [3.05, 3.63) is 92.9 Å². The maximum atomic E-state index is 12.5. The van der Waals surface area contributed by atoms with E-state index < -0.39 is 0 Å². The third-order valence-electron chi connectivity index (χ3n) is 6.93. The van der Waals surface area contributed by atoms with E-state index in [-0.39, 0.29) is 16.7 Å². The number of fused-ring (bicyclic) bond motifs is 1. The van der Waals surface area contributed by atoms with Gasteiger partial charge in [-0.2, -0.15) is 0 Å². The van der Waals surface area contributed by atoms with Gasteiger partial charge in [-0.25, -0.2) is 0 Å². The second-order valence-corrected chi connectivity index (χ2v) is 10.8. The van der Waals surface area contributed by atoms with Gasteiger partial charge in [0, 0.05) is 18.0 Å². The topological polar surface area (TPSA) is 42.2 Å². The molecule has 0 fully saturated rings. The first-order chi connectivity index (χ1) is 15.0. The van der Waals surface area contributed by atoms with Crippen molar-refractivity contribution < 1.29 is 9.21 Å². The number of halogens is 1. The lowest BCUT2D eigenvalue weighted by Gasteiger charge is -2.42. The molecule has 4 heteroatoms. The van der Waals surface area contributed by atoms with Gasteiger partial charge in [0.25, 0.3) is 5.91 Å². The Balaban J connectivity index is 1.50. The molecule has 4 rings (SSSR count). The second kappa shape index (κ2) is 8.44. The largest absolute Gasteiger partial charge is 0.456 e. The summed E-state index contributed by atoms with van der Waals surface area (Å²) in [6.07, 6.45) is 3.08. The molecule has 0 unspecified atom stereocenters. The van der Waals surface area contributed by atoms with Crippen LogP contribution in [0.2, 0.25) is 5.02 Å².